The third-order valence-corrected chi connectivity index (χ3v) is 6.93. The molecule has 4 aliphatic heterocycles. The van der Waals surface area contributed by atoms with Crippen LogP contribution in [0.15, 0.2) is 12.4 Å². The lowest BCUT2D eigenvalue weighted by Gasteiger charge is -2.47. The van der Waals surface area contributed by atoms with E-state index in [1.165, 1.54) is 64.7 Å². The molecule has 6 heteroatoms. The predicted octanol–water partition coefficient (Wildman–Crippen LogP) is 1.83. The molecule has 26 heavy (non-hydrogen) atoms. The van der Waals surface area contributed by atoms with Crippen LogP contribution in [0.25, 0.3) is 0 Å². The maximum absolute atomic E-state index is 4.81. The molecule has 0 aromatic carbocycles. The van der Waals surface area contributed by atoms with Crippen molar-refractivity contribution in [1.29, 1.82) is 0 Å². The molecule has 0 saturated carbocycles. The Bertz CT molecular complexity index is 569. The van der Waals surface area contributed by atoms with E-state index in [1.807, 2.05) is 12.4 Å². The number of rotatable bonds is 2. The molecular weight excluding hydrogens is 324 g/mol. The second-order valence-electron chi connectivity index (χ2n) is 8.47. The van der Waals surface area contributed by atoms with E-state index in [4.69, 9.17) is 9.97 Å². The highest BCUT2D eigenvalue weighted by atomic mass is 15.4. The highest BCUT2D eigenvalue weighted by molar-refractivity contribution is 5.63. The number of fused-ring (bicyclic) bond motifs is 2. The Morgan fingerprint density at radius 3 is 1.62 bits per heavy atom. The Morgan fingerprint density at radius 2 is 1.12 bits per heavy atom. The molecule has 5 heterocycles. The molecule has 2 atom stereocenters. The van der Waals surface area contributed by atoms with Gasteiger partial charge in [0.2, 0.25) is 0 Å². The molecule has 0 spiro atoms. The lowest BCUT2D eigenvalue weighted by Crippen LogP contribution is -2.57. The average molecular weight is 357 g/mol. The Balaban J connectivity index is 1.34. The molecule has 142 valence electrons. The zero-order valence-corrected chi connectivity index (χ0v) is 15.9. The second-order valence-corrected chi connectivity index (χ2v) is 8.47. The van der Waals surface area contributed by atoms with Gasteiger partial charge < -0.3 is 9.80 Å². The summed E-state index contributed by atoms with van der Waals surface area (Å²) in [6.45, 7) is 9.35. The summed E-state index contributed by atoms with van der Waals surface area (Å²) >= 11 is 0. The van der Waals surface area contributed by atoms with Gasteiger partial charge in [-0.1, -0.05) is 12.8 Å². The Labute approximate surface area is 157 Å². The van der Waals surface area contributed by atoms with Crippen LogP contribution in [0.1, 0.15) is 38.5 Å². The zero-order chi connectivity index (χ0) is 17.3. The quantitative estimate of drug-likeness (QED) is 0.805. The van der Waals surface area contributed by atoms with Crippen molar-refractivity contribution >= 4 is 11.6 Å². The third kappa shape index (κ3) is 3.18. The van der Waals surface area contributed by atoms with Crippen LogP contribution >= 0.6 is 0 Å². The van der Waals surface area contributed by atoms with Gasteiger partial charge in [-0.3, -0.25) is 9.80 Å². The van der Waals surface area contributed by atoms with Crippen molar-refractivity contribution in [2.24, 2.45) is 0 Å². The van der Waals surface area contributed by atoms with Crippen molar-refractivity contribution < 1.29 is 0 Å². The molecule has 4 fully saturated rings. The van der Waals surface area contributed by atoms with Crippen LogP contribution in [0.2, 0.25) is 0 Å². The fourth-order valence-corrected chi connectivity index (χ4v) is 5.47. The SMILES string of the molecule is c1cnc(N2CCN3CCCC[C@H]3C2)c(N2CCN3CCCC[C@@H]3C2)n1. The van der Waals surface area contributed by atoms with Gasteiger partial charge in [0.1, 0.15) is 0 Å². The Kier molecular flexibility index (Phi) is 4.71. The molecule has 6 nitrogen and oxygen atoms in total. The summed E-state index contributed by atoms with van der Waals surface area (Å²) < 4.78 is 0. The van der Waals surface area contributed by atoms with E-state index in [1.54, 1.807) is 0 Å². The van der Waals surface area contributed by atoms with Crippen molar-refractivity contribution in [3.63, 3.8) is 0 Å². The molecule has 0 N–H and O–H groups in total. The van der Waals surface area contributed by atoms with Crippen molar-refractivity contribution in [3.05, 3.63) is 12.4 Å². The minimum absolute atomic E-state index is 0.711. The van der Waals surface area contributed by atoms with Crippen LogP contribution in [-0.4, -0.2) is 84.2 Å². The molecular formula is C20H32N6. The normalized spacial score (nSPS) is 30.8. The molecule has 4 aliphatic rings. The van der Waals surface area contributed by atoms with Crippen LogP contribution in [0, 0.1) is 0 Å². The van der Waals surface area contributed by atoms with Gasteiger partial charge in [0, 0.05) is 63.7 Å². The van der Waals surface area contributed by atoms with E-state index < -0.39 is 0 Å². The summed E-state index contributed by atoms with van der Waals surface area (Å²) in [5, 5.41) is 0. The van der Waals surface area contributed by atoms with Crippen molar-refractivity contribution in [1.82, 2.24) is 19.8 Å². The molecule has 1 aromatic heterocycles. The van der Waals surface area contributed by atoms with Crippen LogP contribution < -0.4 is 9.80 Å². The minimum Gasteiger partial charge on any atom is -0.351 e. The number of anilines is 2. The Hall–Kier alpha value is -1.40. The van der Waals surface area contributed by atoms with Gasteiger partial charge in [0.05, 0.1) is 0 Å². The molecule has 0 unspecified atom stereocenters. The fraction of sp³-hybridized carbons (Fsp3) is 0.800. The average Bonchev–Trinajstić information content (AvgIpc) is 2.73. The summed E-state index contributed by atoms with van der Waals surface area (Å²) in [6.07, 6.45) is 11.9. The van der Waals surface area contributed by atoms with Gasteiger partial charge in [-0.25, -0.2) is 9.97 Å². The highest BCUT2D eigenvalue weighted by Gasteiger charge is 2.34. The maximum atomic E-state index is 4.81. The van der Waals surface area contributed by atoms with Crippen molar-refractivity contribution in [2.75, 3.05) is 62.2 Å². The van der Waals surface area contributed by atoms with Gasteiger partial charge in [0.25, 0.3) is 0 Å². The lowest BCUT2D eigenvalue weighted by molar-refractivity contribution is 0.131. The molecule has 0 radical (unpaired) electrons. The topological polar surface area (TPSA) is 38.7 Å². The largest absolute Gasteiger partial charge is 0.351 e. The zero-order valence-electron chi connectivity index (χ0n) is 15.9. The van der Waals surface area contributed by atoms with Crippen LogP contribution in [0.5, 0.6) is 0 Å². The summed E-state index contributed by atoms with van der Waals surface area (Å²) in [5.74, 6) is 2.25. The van der Waals surface area contributed by atoms with Gasteiger partial charge in [-0.05, 0) is 38.8 Å². The van der Waals surface area contributed by atoms with E-state index in [2.05, 4.69) is 19.6 Å². The summed E-state index contributed by atoms with van der Waals surface area (Å²) in [7, 11) is 0. The Morgan fingerprint density at radius 1 is 0.615 bits per heavy atom. The first-order valence-electron chi connectivity index (χ1n) is 10.7. The molecule has 0 aliphatic carbocycles. The number of hydrogen-bond donors (Lipinski definition) is 0. The first-order chi connectivity index (χ1) is 12.9. The summed E-state index contributed by atoms with van der Waals surface area (Å²) in [6, 6.07) is 1.42. The first kappa shape index (κ1) is 16.8. The van der Waals surface area contributed by atoms with Gasteiger partial charge in [-0.2, -0.15) is 0 Å². The maximum Gasteiger partial charge on any atom is 0.172 e. The third-order valence-electron chi connectivity index (χ3n) is 6.93. The summed E-state index contributed by atoms with van der Waals surface area (Å²) in [5.41, 5.74) is 0. The van der Waals surface area contributed by atoms with Crippen LogP contribution in [0.3, 0.4) is 0 Å². The van der Waals surface area contributed by atoms with Crippen molar-refractivity contribution in [3.8, 4) is 0 Å². The first-order valence-corrected chi connectivity index (χ1v) is 10.7. The number of aromatic nitrogens is 2. The lowest BCUT2D eigenvalue weighted by atomic mass is 9.99. The van der Waals surface area contributed by atoms with Gasteiger partial charge >= 0.3 is 0 Å². The van der Waals surface area contributed by atoms with Gasteiger partial charge in [0.15, 0.2) is 11.6 Å². The molecule has 0 bridgehead atoms. The van der Waals surface area contributed by atoms with Crippen LogP contribution in [-0.2, 0) is 0 Å². The van der Waals surface area contributed by atoms with E-state index in [0.717, 1.165) is 37.8 Å². The monoisotopic (exact) mass is 356 g/mol. The number of piperazine rings is 2. The number of hydrogen-bond acceptors (Lipinski definition) is 6. The van der Waals surface area contributed by atoms with E-state index in [-0.39, 0.29) is 0 Å². The number of nitrogens with zero attached hydrogens (tertiary/aromatic N) is 6. The fourth-order valence-electron chi connectivity index (χ4n) is 5.47. The molecule has 5 rings (SSSR count). The predicted molar refractivity (Wildman–Crippen MR) is 105 cm³/mol. The van der Waals surface area contributed by atoms with Gasteiger partial charge in [-0.15, -0.1) is 0 Å². The second kappa shape index (κ2) is 7.31. The molecule has 1 aromatic rings. The highest BCUT2D eigenvalue weighted by Crippen LogP contribution is 2.31. The summed E-state index contributed by atoms with van der Waals surface area (Å²) in [4.78, 5) is 20.0. The van der Waals surface area contributed by atoms with Crippen LogP contribution in [0.4, 0.5) is 11.6 Å². The van der Waals surface area contributed by atoms with E-state index >= 15 is 0 Å². The van der Waals surface area contributed by atoms with E-state index in [9.17, 15) is 0 Å². The van der Waals surface area contributed by atoms with Crippen molar-refractivity contribution in [2.45, 2.75) is 50.6 Å². The van der Waals surface area contributed by atoms with E-state index in [0.29, 0.717) is 12.1 Å². The number of piperidine rings is 2. The smallest absolute Gasteiger partial charge is 0.172 e. The molecule has 0 amide bonds. The minimum atomic E-state index is 0.711. The molecule has 4 saturated heterocycles. The standard InChI is InChI=1S/C20H32N6/c1-3-9-23-11-13-25(15-17(23)5-1)19-20(22-8-7-21-19)26-14-12-24-10-4-2-6-18(24)16-26/h7-8,17-18H,1-6,9-16H2/t17-,18+.